The van der Waals surface area contributed by atoms with Crippen LogP contribution < -0.4 is 10.9 Å². The first-order chi connectivity index (χ1) is 10.1. The molecule has 0 amide bonds. The van der Waals surface area contributed by atoms with Crippen molar-refractivity contribution in [3.63, 3.8) is 0 Å². The topological polar surface area (TPSA) is 38.7 Å². The van der Waals surface area contributed by atoms with Crippen LogP contribution in [-0.2, 0) is 22.5 Å². The van der Waals surface area contributed by atoms with Gasteiger partial charge in [-0.25, -0.2) is 8.78 Å². The van der Waals surface area contributed by atoms with Gasteiger partial charge in [-0.1, -0.05) is 12.1 Å². The maximum Gasteiger partial charge on any atom is 0.491 e. The highest BCUT2D eigenvalue weighted by atomic mass is 19.1. The molecule has 0 saturated heterocycles. The van der Waals surface area contributed by atoms with Crippen LogP contribution in [0.5, 0.6) is 0 Å². The van der Waals surface area contributed by atoms with Crippen LogP contribution >= 0.6 is 0 Å². The minimum absolute atomic E-state index is 0.0500. The molecule has 0 spiro atoms. The second-order valence-electron chi connectivity index (χ2n) is 4.91. The molecule has 0 fully saturated rings. The van der Waals surface area contributed by atoms with Crippen molar-refractivity contribution in [3.8, 4) is 0 Å². The Morgan fingerprint density at radius 3 is 2.52 bits per heavy atom. The first kappa shape index (κ1) is 14.3. The third kappa shape index (κ3) is 3.15. The third-order valence-corrected chi connectivity index (χ3v) is 3.45. The number of halogens is 2. The number of fused-ring (bicyclic) bond motifs is 2. The van der Waals surface area contributed by atoms with Crippen LogP contribution in [0.15, 0.2) is 36.4 Å². The first-order valence-electron chi connectivity index (χ1n) is 6.56. The summed E-state index contributed by atoms with van der Waals surface area (Å²) in [6.45, 7) is 0.193. The van der Waals surface area contributed by atoms with E-state index >= 15 is 0 Å². The molecule has 1 heterocycles. The van der Waals surface area contributed by atoms with Crippen molar-refractivity contribution < 1.29 is 23.1 Å². The van der Waals surface area contributed by atoms with Gasteiger partial charge in [-0.2, -0.15) is 0 Å². The Morgan fingerprint density at radius 2 is 1.71 bits per heavy atom. The monoisotopic (exact) mass is 288 g/mol. The molecule has 106 valence electrons. The Hall–Kier alpha value is -1.69. The molecular formula is C14H12B2F2O3. The largest absolute Gasteiger partial charge is 0.491 e. The molecule has 3 rings (SSSR count). The predicted molar refractivity (Wildman–Crippen MR) is 76.8 cm³/mol. The van der Waals surface area contributed by atoms with Gasteiger partial charge in [-0.05, 0) is 46.3 Å². The Balaban J connectivity index is 1.92. The maximum atomic E-state index is 13.3. The minimum Gasteiger partial charge on any atom is -0.430 e. The van der Waals surface area contributed by atoms with Crippen molar-refractivity contribution in [2.24, 2.45) is 0 Å². The van der Waals surface area contributed by atoms with Gasteiger partial charge in [0.2, 0.25) is 0 Å². The Kier molecular flexibility index (Phi) is 4.05. The van der Waals surface area contributed by atoms with Crippen LogP contribution in [0.3, 0.4) is 0 Å². The highest BCUT2D eigenvalue weighted by molar-refractivity contribution is 6.60. The van der Waals surface area contributed by atoms with E-state index in [0.717, 1.165) is 5.46 Å². The molecule has 7 heteroatoms. The summed E-state index contributed by atoms with van der Waals surface area (Å²) in [7, 11) is -0.941. The lowest BCUT2D eigenvalue weighted by Crippen LogP contribution is -2.38. The van der Waals surface area contributed by atoms with Gasteiger partial charge < -0.3 is 14.3 Å². The average Bonchev–Trinajstić information content (AvgIpc) is 2.46. The molecule has 1 aliphatic rings. The summed E-state index contributed by atoms with van der Waals surface area (Å²) >= 11 is 0. The van der Waals surface area contributed by atoms with Gasteiger partial charge in [-0.15, -0.1) is 0 Å². The van der Waals surface area contributed by atoms with Gasteiger partial charge in [0, 0.05) is 0 Å². The SMILES string of the molecule is OB1OCc2cc(F)ccc2BOCc2cc(F)ccc21. The summed E-state index contributed by atoms with van der Waals surface area (Å²) in [5.74, 6) is -0.768. The van der Waals surface area contributed by atoms with Crippen LogP contribution in [0.25, 0.3) is 0 Å². The average molecular weight is 288 g/mol. The molecule has 0 bridgehead atoms. The van der Waals surface area contributed by atoms with E-state index in [1.165, 1.54) is 30.3 Å². The molecule has 3 nitrogen and oxygen atoms in total. The van der Waals surface area contributed by atoms with E-state index in [4.69, 9.17) is 9.31 Å². The van der Waals surface area contributed by atoms with Crippen LogP contribution in [0.4, 0.5) is 8.78 Å². The summed E-state index contributed by atoms with van der Waals surface area (Å²) in [6.07, 6.45) is 0. The summed E-state index contributed by atoms with van der Waals surface area (Å²) in [6, 6.07) is 8.36. The molecule has 0 atom stereocenters. The van der Waals surface area contributed by atoms with Gasteiger partial charge in [0.25, 0.3) is 0 Å². The zero-order valence-corrected chi connectivity index (χ0v) is 11.2. The van der Waals surface area contributed by atoms with E-state index in [9.17, 15) is 13.8 Å². The molecule has 2 aromatic rings. The van der Waals surface area contributed by atoms with E-state index in [-0.39, 0.29) is 26.5 Å². The second kappa shape index (κ2) is 5.97. The van der Waals surface area contributed by atoms with Gasteiger partial charge >= 0.3 is 14.6 Å². The summed E-state index contributed by atoms with van der Waals surface area (Å²) in [5.41, 5.74) is 2.40. The van der Waals surface area contributed by atoms with Crippen molar-refractivity contribution in [1.29, 1.82) is 0 Å². The van der Waals surface area contributed by atoms with Crippen molar-refractivity contribution in [2.75, 3.05) is 0 Å². The Labute approximate surface area is 121 Å². The predicted octanol–water partition coefficient (Wildman–Crippen LogP) is 0.376. The van der Waals surface area contributed by atoms with Gasteiger partial charge in [0.1, 0.15) is 11.6 Å². The van der Waals surface area contributed by atoms with E-state index in [1.807, 2.05) is 0 Å². The number of benzene rings is 2. The fourth-order valence-corrected chi connectivity index (χ4v) is 2.34. The van der Waals surface area contributed by atoms with Crippen molar-refractivity contribution >= 4 is 25.5 Å². The number of hydrogen-bond donors (Lipinski definition) is 1. The van der Waals surface area contributed by atoms with E-state index < -0.39 is 12.9 Å². The third-order valence-electron chi connectivity index (χ3n) is 3.45. The zero-order valence-electron chi connectivity index (χ0n) is 11.2. The lowest BCUT2D eigenvalue weighted by atomic mass is 9.75. The standard InChI is InChI=1S/C14H12B2F2O3/c17-11-1-3-13-9(5-11)8-21-16(19)14-4-2-12(18)6-10(14)7-20-15-13/h1-6,15,19H,7-8H2. The fourth-order valence-electron chi connectivity index (χ4n) is 2.34. The number of hydrogen-bond acceptors (Lipinski definition) is 3. The highest BCUT2D eigenvalue weighted by Crippen LogP contribution is 2.09. The van der Waals surface area contributed by atoms with E-state index in [1.54, 1.807) is 6.07 Å². The van der Waals surface area contributed by atoms with Gasteiger partial charge in [0.05, 0.1) is 13.2 Å². The second-order valence-corrected chi connectivity index (χ2v) is 4.91. The van der Waals surface area contributed by atoms with Crippen molar-refractivity contribution in [3.05, 3.63) is 59.2 Å². The summed E-state index contributed by atoms with van der Waals surface area (Å²) in [4.78, 5) is 0. The Bertz CT molecular complexity index is 667. The summed E-state index contributed by atoms with van der Waals surface area (Å²) < 4.78 is 37.5. The molecule has 0 saturated carbocycles. The van der Waals surface area contributed by atoms with E-state index in [0.29, 0.717) is 16.6 Å². The highest BCUT2D eigenvalue weighted by Gasteiger charge is 2.23. The normalized spacial score (nSPS) is 14.9. The lowest BCUT2D eigenvalue weighted by molar-refractivity contribution is 0.257. The molecule has 0 radical (unpaired) electrons. The molecule has 0 aliphatic carbocycles. The van der Waals surface area contributed by atoms with Gasteiger partial charge in [0.15, 0.2) is 0 Å². The molecule has 1 N–H and O–H groups in total. The smallest absolute Gasteiger partial charge is 0.430 e. The first-order valence-corrected chi connectivity index (χ1v) is 6.56. The minimum atomic E-state index is -1.21. The van der Waals surface area contributed by atoms with Crippen molar-refractivity contribution in [2.45, 2.75) is 13.2 Å². The number of rotatable bonds is 0. The molecule has 0 aromatic heterocycles. The quantitative estimate of drug-likeness (QED) is 0.712. The lowest BCUT2D eigenvalue weighted by Gasteiger charge is -2.17. The molecule has 21 heavy (non-hydrogen) atoms. The Morgan fingerprint density at radius 1 is 1.00 bits per heavy atom. The zero-order chi connectivity index (χ0) is 14.8. The van der Waals surface area contributed by atoms with Crippen LogP contribution in [0.1, 0.15) is 11.1 Å². The molecule has 2 aromatic carbocycles. The maximum absolute atomic E-state index is 13.3. The van der Waals surface area contributed by atoms with E-state index in [2.05, 4.69) is 0 Å². The molecular weight excluding hydrogens is 276 g/mol. The summed E-state index contributed by atoms with van der Waals surface area (Å²) in [5, 5.41) is 10.1. The van der Waals surface area contributed by atoms with Crippen LogP contribution in [-0.4, -0.2) is 19.6 Å². The molecule has 1 aliphatic heterocycles. The van der Waals surface area contributed by atoms with Crippen LogP contribution in [0.2, 0.25) is 0 Å². The van der Waals surface area contributed by atoms with Crippen LogP contribution in [0, 0.1) is 11.6 Å². The molecule has 0 unspecified atom stereocenters. The van der Waals surface area contributed by atoms with Crippen molar-refractivity contribution in [1.82, 2.24) is 0 Å². The fraction of sp³-hybridized carbons (Fsp3) is 0.143. The van der Waals surface area contributed by atoms with Gasteiger partial charge in [-0.3, -0.25) is 0 Å².